The highest BCUT2D eigenvalue weighted by molar-refractivity contribution is 7.86. The highest BCUT2D eigenvalue weighted by atomic mass is 32.2. The van der Waals surface area contributed by atoms with E-state index in [1.165, 1.54) is 44.5 Å². The molecule has 0 saturated carbocycles. The second-order valence-electron chi connectivity index (χ2n) is 16.6. The summed E-state index contributed by atoms with van der Waals surface area (Å²) >= 11 is 0. The van der Waals surface area contributed by atoms with E-state index in [2.05, 4.69) is 0 Å². The average molecular weight is 985 g/mol. The number of carbonyl (C=O) groups excluding carboxylic acids is 2. The topological polar surface area (TPSA) is 284 Å². The van der Waals surface area contributed by atoms with Gasteiger partial charge in [-0.3, -0.25) is 23.3 Å². The summed E-state index contributed by atoms with van der Waals surface area (Å²) < 4.78 is 103. The summed E-state index contributed by atoms with van der Waals surface area (Å²) in [5.74, 6) is -2.96. The van der Waals surface area contributed by atoms with E-state index in [0.717, 1.165) is 17.2 Å². The third kappa shape index (κ3) is 11.3. The van der Waals surface area contributed by atoms with Crippen LogP contribution >= 0.6 is 0 Å². The van der Waals surface area contributed by atoms with Crippen LogP contribution in [-0.4, -0.2) is 109 Å². The van der Waals surface area contributed by atoms with Crippen molar-refractivity contribution >= 4 is 59.4 Å². The zero-order valence-electron chi connectivity index (χ0n) is 37.0. The van der Waals surface area contributed by atoms with Crippen LogP contribution in [0.25, 0.3) is 0 Å². The Bertz CT molecular complexity index is 3050. The normalized spacial score (nSPS) is 17.6. The maximum atomic E-state index is 13.2. The summed E-state index contributed by atoms with van der Waals surface area (Å²) in [7, 11) is -10.5. The van der Waals surface area contributed by atoms with Gasteiger partial charge in [0.25, 0.3) is 36.3 Å². The molecule has 1 amide bonds. The fourth-order valence-corrected chi connectivity index (χ4v) is 9.51. The summed E-state index contributed by atoms with van der Waals surface area (Å²) in [6.07, 6.45) is 10.4. The molecule has 2 aliphatic heterocycles. The quantitative estimate of drug-likeness (QED) is 0.0403. The van der Waals surface area contributed by atoms with E-state index < -0.39 is 76.3 Å². The summed E-state index contributed by atoms with van der Waals surface area (Å²) in [5.41, 5.74) is 1.94. The number of aliphatic imine (C=N–C) groups is 1. The molecule has 0 fully saturated rings. The molecule has 23 heteroatoms. The molecule has 4 aromatic rings. The number of aryl methyl sites for hydroxylation is 1. The smallest absolute Gasteiger partial charge is 0.363 e. The highest BCUT2D eigenvalue weighted by Crippen LogP contribution is 2.50. The third-order valence-electron chi connectivity index (χ3n) is 11.5. The van der Waals surface area contributed by atoms with Crippen molar-refractivity contribution in [2.75, 3.05) is 37.1 Å². The molecule has 6 rings (SSSR count). The van der Waals surface area contributed by atoms with Crippen LogP contribution in [-0.2, 0) is 59.0 Å². The Balaban J connectivity index is 1.36. The van der Waals surface area contributed by atoms with Gasteiger partial charge < -0.3 is 20.0 Å². The van der Waals surface area contributed by atoms with Crippen molar-refractivity contribution in [3.63, 3.8) is 0 Å². The Morgan fingerprint density at radius 3 is 2.07 bits per heavy atom. The number of hydrogen-bond donors (Lipinski definition) is 5. The van der Waals surface area contributed by atoms with Crippen molar-refractivity contribution in [2.45, 2.75) is 62.3 Å². The molecule has 1 atom stereocenters. The van der Waals surface area contributed by atoms with Gasteiger partial charge in [0.15, 0.2) is 5.71 Å². The minimum atomic E-state index is -4.68. The number of hydroxylamine groups is 2. The Labute approximate surface area is 387 Å². The van der Waals surface area contributed by atoms with Crippen LogP contribution in [0.4, 0.5) is 11.5 Å². The van der Waals surface area contributed by atoms with Crippen molar-refractivity contribution in [1.29, 1.82) is 0 Å². The van der Waals surface area contributed by atoms with Crippen molar-refractivity contribution in [1.82, 2.24) is 9.79 Å². The first kappa shape index (κ1) is 50.2. The number of benzene rings is 2. The van der Waals surface area contributed by atoms with Crippen LogP contribution in [0.3, 0.4) is 0 Å². The first-order valence-electron chi connectivity index (χ1n) is 20.5. The minimum Gasteiger partial charge on any atom is -0.492 e. The fraction of sp³-hybridized carbons (Fsp3) is 0.318. The molecule has 0 saturated heterocycles. The number of carbonyl (C=O) groups is 2. The van der Waals surface area contributed by atoms with E-state index in [9.17, 15) is 58.7 Å². The number of nitrogens with zero attached hydrogens (tertiary/aromatic N) is 5. The Morgan fingerprint density at radius 1 is 0.821 bits per heavy atom. The van der Waals surface area contributed by atoms with Crippen LogP contribution in [0.15, 0.2) is 113 Å². The van der Waals surface area contributed by atoms with Gasteiger partial charge in [-0.25, -0.2) is 14.4 Å². The van der Waals surface area contributed by atoms with E-state index >= 15 is 0 Å². The predicted octanol–water partition coefficient (Wildman–Crippen LogP) is 4.27. The van der Waals surface area contributed by atoms with Gasteiger partial charge in [-0.05, 0) is 98.3 Å². The lowest BCUT2D eigenvalue weighted by molar-refractivity contribution is -0.684. The van der Waals surface area contributed by atoms with Crippen LogP contribution in [0.2, 0.25) is 0 Å². The number of fused-ring (bicyclic) bond motifs is 2. The van der Waals surface area contributed by atoms with Crippen LogP contribution < -0.4 is 14.3 Å². The molecule has 2 aromatic carbocycles. The molecule has 358 valence electrons. The van der Waals surface area contributed by atoms with Crippen molar-refractivity contribution in [3.8, 4) is 11.8 Å². The Morgan fingerprint density at radius 2 is 1.46 bits per heavy atom. The van der Waals surface area contributed by atoms with Gasteiger partial charge in [-0.1, -0.05) is 30.4 Å². The van der Waals surface area contributed by atoms with Gasteiger partial charge in [0.05, 0.1) is 52.2 Å². The van der Waals surface area contributed by atoms with Gasteiger partial charge in [-0.15, -0.1) is 4.73 Å². The summed E-state index contributed by atoms with van der Waals surface area (Å²) in [4.78, 5) is 42.6. The highest BCUT2D eigenvalue weighted by Gasteiger charge is 2.45. The van der Waals surface area contributed by atoms with Gasteiger partial charge >= 0.3 is 11.8 Å². The third-order valence-corrected chi connectivity index (χ3v) is 14.0. The second kappa shape index (κ2) is 19.2. The molecule has 1 unspecified atom stereocenters. The fourth-order valence-electron chi connectivity index (χ4n) is 8.01. The maximum absolute atomic E-state index is 13.2. The van der Waals surface area contributed by atoms with E-state index in [1.807, 2.05) is 20.8 Å². The van der Waals surface area contributed by atoms with Gasteiger partial charge in [0, 0.05) is 48.9 Å². The maximum Gasteiger partial charge on any atom is 0.363 e. The van der Waals surface area contributed by atoms with Crippen molar-refractivity contribution in [2.24, 2.45) is 4.99 Å². The second-order valence-corrected chi connectivity index (χ2v) is 21.1. The summed E-state index contributed by atoms with van der Waals surface area (Å²) in [6, 6.07) is 14.2. The van der Waals surface area contributed by atoms with Crippen molar-refractivity contribution in [3.05, 3.63) is 131 Å². The lowest BCUT2D eigenvalue weighted by Crippen LogP contribution is -2.38. The van der Waals surface area contributed by atoms with Gasteiger partial charge in [0.1, 0.15) is 6.20 Å². The Hall–Kier alpha value is -6.21. The number of anilines is 1. The molecule has 2 aliphatic rings. The molecule has 0 bridgehead atoms. The standard InChI is InChI=1S/C44H49N5O15S3/c1-43(2)34-25-31(41(52)46(4)63-5)28-47(21-9-23-65(54,55)56)40(34)45-36(43)11-7-6-8-12-37-44(3,27-29-13-15-30(16-14-29)42(53)64-49-38(50)19-20-39(49)51)33-26-32(67(60,61)62)17-18-35(33)48(37)22-10-24-66(57,58)59/h6-8,11-20,25-26,28H,9-10,21-24,27H2,1-5H3,(H4-,50,51,54,55,56,57,58,59,60,61,62)/p+1. The molecule has 67 heavy (non-hydrogen) atoms. The molecular formula is C44H50N5O15S3+. The molecule has 0 spiro atoms. The lowest BCUT2D eigenvalue weighted by Gasteiger charge is -2.30. The number of hydrogen-bond acceptors (Lipinski definition) is 14. The number of amides is 1. The van der Waals surface area contributed by atoms with E-state index in [1.54, 1.807) is 64.2 Å². The van der Waals surface area contributed by atoms with E-state index in [-0.39, 0.29) is 48.4 Å². The van der Waals surface area contributed by atoms with Crippen LogP contribution in [0.5, 0.6) is 11.8 Å². The first-order chi connectivity index (χ1) is 31.2. The monoisotopic (exact) mass is 984 g/mol. The number of aromatic hydroxyl groups is 2. The average Bonchev–Trinajstić information content (AvgIpc) is 3.79. The van der Waals surface area contributed by atoms with Crippen molar-refractivity contribution < 1.29 is 73.0 Å². The number of pyridine rings is 1. The number of rotatable bonds is 18. The molecular weight excluding hydrogens is 935 g/mol. The molecule has 5 N–H and O–H groups in total. The predicted molar refractivity (Wildman–Crippen MR) is 244 cm³/mol. The molecule has 0 radical (unpaired) electrons. The number of allylic oxidation sites excluding steroid dienone is 6. The summed E-state index contributed by atoms with van der Waals surface area (Å²) in [5, 5.41) is 20.9. The lowest BCUT2D eigenvalue weighted by atomic mass is 9.76. The van der Waals surface area contributed by atoms with E-state index in [4.69, 9.17) is 14.7 Å². The molecule has 0 aliphatic carbocycles. The molecule has 2 aromatic heterocycles. The molecule has 20 nitrogen and oxygen atoms in total. The molecule has 4 heterocycles. The van der Waals surface area contributed by atoms with E-state index in [0.29, 0.717) is 44.3 Å². The van der Waals surface area contributed by atoms with Crippen LogP contribution in [0, 0.1) is 0 Å². The number of aromatic nitrogens is 2. The SMILES string of the molecule is CON(C)C(=O)c1cc2c([n+](CCCS(=O)(=O)O)c1)N=C(C=CC=CC=C1N(CCCS(=O)(=O)O)c3ccc(S(=O)(=O)O)cc3C1(C)Cc1ccc(C(=O)On3c(O)ccc3O)cc1)C2(C)C. The van der Waals surface area contributed by atoms with Crippen LogP contribution in [0.1, 0.15) is 71.0 Å². The minimum absolute atomic E-state index is 0.0288. The Kier molecular flexibility index (Phi) is 14.4. The zero-order valence-corrected chi connectivity index (χ0v) is 39.4. The van der Waals surface area contributed by atoms with Gasteiger partial charge in [-0.2, -0.15) is 25.3 Å². The summed E-state index contributed by atoms with van der Waals surface area (Å²) in [6.45, 7) is 5.82. The largest absolute Gasteiger partial charge is 0.492 e. The first-order valence-corrected chi connectivity index (χ1v) is 25.2. The zero-order chi connectivity index (χ0) is 49.3. The van der Waals surface area contributed by atoms with Gasteiger partial charge in [0.2, 0.25) is 11.8 Å².